The van der Waals surface area contributed by atoms with Crippen molar-refractivity contribution in [2.24, 2.45) is 0 Å². The zero-order chi connectivity index (χ0) is 26.3. The maximum Gasteiger partial charge on any atom is 0.355 e. The van der Waals surface area contributed by atoms with E-state index >= 15 is 0 Å². The van der Waals surface area contributed by atoms with E-state index in [1.54, 1.807) is 17.6 Å². The molecular weight excluding hydrogens is 474 g/mol. The van der Waals surface area contributed by atoms with Gasteiger partial charge in [-0.3, -0.25) is 9.59 Å². The van der Waals surface area contributed by atoms with Crippen LogP contribution in [-0.2, 0) is 37.8 Å². The Morgan fingerprint density at radius 1 is 1.27 bits per heavy atom. The van der Waals surface area contributed by atoms with Gasteiger partial charge < -0.3 is 24.5 Å². The molecule has 1 atom stereocenters. The molecule has 0 spiro atoms. The summed E-state index contributed by atoms with van der Waals surface area (Å²) >= 11 is 0. The second-order valence-corrected chi connectivity index (χ2v) is 8.94. The molecule has 0 amide bonds. The molecule has 0 fully saturated rings. The van der Waals surface area contributed by atoms with E-state index in [0.29, 0.717) is 29.2 Å². The van der Waals surface area contributed by atoms with Crippen molar-refractivity contribution >= 4 is 22.8 Å². The minimum absolute atomic E-state index is 0.0661. The highest BCUT2D eigenvalue weighted by Crippen LogP contribution is 2.40. The Morgan fingerprint density at radius 3 is 2.81 bits per heavy atom. The van der Waals surface area contributed by atoms with Gasteiger partial charge in [-0.25, -0.2) is 9.78 Å². The van der Waals surface area contributed by atoms with Gasteiger partial charge in [0.15, 0.2) is 0 Å². The molecule has 2 aliphatic rings. The molecule has 0 radical (unpaired) electrons. The first-order valence-corrected chi connectivity index (χ1v) is 11.8. The van der Waals surface area contributed by atoms with E-state index < -0.39 is 17.5 Å². The summed E-state index contributed by atoms with van der Waals surface area (Å²) in [6.45, 7) is 8.60. The monoisotopic (exact) mass is 499 g/mol. The Hall–Kier alpha value is -4.66. The summed E-state index contributed by atoms with van der Waals surface area (Å²) in [6.07, 6.45) is 2.82. The Balaban J connectivity index is 1.53. The van der Waals surface area contributed by atoms with Gasteiger partial charge >= 0.3 is 11.9 Å². The number of aliphatic hydroxyl groups is 1. The standard InChI is InChI=1S/C28H25N3O6/c1-4-28(37-24(33)13-29-16(2)9-10-17(3)32)21-12-23-25-19(11-18-7-5-6-8-22(18)30-25)14-31(23)26(34)20(21)15-36-27(28)35/h5-12,29,32H,2-4,13-15H2,1H3/b10-9-. The van der Waals surface area contributed by atoms with Crippen LogP contribution in [0.2, 0.25) is 0 Å². The first-order valence-electron chi connectivity index (χ1n) is 11.8. The van der Waals surface area contributed by atoms with Crippen LogP contribution in [0.3, 0.4) is 0 Å². The number of fused-ring (bicyclic) bond motifs is 5. The quantitative estimate of drug-likeness (QED) is 0.226. The van der Waals surface area contributed by atoms with Crippen LogP contribution in [0.25, 0.3) is 22.3 Å². The average Bonchev–Trinajstić information content (AvgIpc) is 3.24. The summed E-state index contributed by atoms with van der Waals surface area (Å²) in [5.74, 6) is -1.64. The second kappa shape index (κ2) is 9.09. The molecule has 4 heterocycles. The van der Waals surface area contributed by atoms with Gasteiger partial charge in [-0.05, 0) is 36.8 Å². The summed E-state index contributed by atoms with van der Waals surface area (Å²) in [7, 11) is 0. The number of aromatic nitrogens is 2. The van der Waals surface area contributed by atoms with Crippen molar-refractivity contribution in [3.8, 4) is 11.4 Å². The number of esters is 2. The minimum atomic E-state index is -1.78. The number of hydrogen-bond acceptors (Lipinski definition) is 8. The number of allylic oxidation sites excluding steroid dienone is 2. The Morgan fingerprint density at radius 2 is 2.05 bits per heavy atom. The van der Waals surface area contributed by atoms with Gasteiger partial charge in [-0.2, -0.15) is 0 Å². The number of aliphatic hydroxyl groups excluding tert-OH is 1. The lowest BCUT2D eigenvalue weighted by atomic mass is 9.85. The van der Waals surface area contributed by atoms with Gasteiger partial charge in [-0.15, -0.1) is 0 Å². The van der Waals surface area contributed by atoms with Gasteiger partial charge in [0.25, 0.3) is 5.56 Å². The molecular formula is C28H25N3O6. The van der Waals surface area contributed by atoms with Crippen LogP contribution >= 0.6 is 0 Å². The number of para-hydroxylation sites is 1. The van der Waals surface area contributed by atoms with Crippen LogP contribution in [-0.4, -0.2) is 33.1 Å². The molecule has 1 unspecified atom stereocenters. The molecule has 9 nitrogen and oxygen atoms in total. The number of ether oxygens (including phenoxy) is 2. The zero-order valence-corrected chi connectivity index (χ0v) is 20.2. The van der Waals surface area contributed by atoms with Gasteiger partial charge in [0.1, 0.15) is 18.9 Å². The summed E-state index contributed by atoms with van der Waals surface area (Å²) in [5.41, 5.74) is 1.73. The van der Waals surface area contributed by atoms with E-state index in [4.69, 9.17) is 19.6 Å². The Bertz CT molecular complexity index is 1580. The van der Waals surface area contributed by atoms with Crippen molar-refractivity contribution in [2.75, 3.05) is 6.54 Å². The van der Waals surface area contributed by atoms with E-state index in [0.717, 1.165) is 16.5 Å². The van der Waals surface area contributed by atoms with Crippen LogP contribution in [0.1, 0.15) is 30.0 Å². The molecule has 2 aromatic heterocycles. The van der Waals surface area contributed by atoms with E-state index in [1.807, 2.05) is 30.3 Å². The Kier molecular flexibility index (Phi) is 5.91. The number of hydrogen-bond donors (Lipinski definition) is 2. The van der Waals surface area contributed by atoms with E-state index in [1.165, 1.54) is 12.2 Å². The van der Waals surface area contributed by atoms with Crippen LogP contribution in [0.15, 0.2) is 78.0 Å². The molecule has 0 saturated heterocycles. The summed E-state index contributed by atoms with van der Waals surface area (Å²) in [4.78, 5) is 44.2. The predicted molar refractivity (Wildman–Crippen MR) is 136 cm³/mol. The fourth-order valence-corrected chi connectivity index (χ4v) is 4.75. The minimum Gasteiger partial charge on any atom is -0.509 e. The SMILES string of the molecule is C=C(O)/C=C\C(=C)NCC(=O)OC1(CC)C(=O)OCc2c1cc1n(c2=O)Cc2cc3ccccc3nc2-1. The summed E-state index contributed by atoms with van der Waals surface area (Å²) in [5, 5.41) is 12.9. The number of benzene rings is 1. The first kappa shape index (κ1) is 24.1. The molecule has 37 heavy (non-hydrogen) atoms. The summed E-state index contributed by atoms with van der Waals surface area (Å²) in [6, 6.07) is 11.4. The van der Waals surface area contributed by atoms with Crippen molar-refractivity contribution in [1.82, 2.24) is 14.9 Å². The second-order valence-electron chi connectivity index (χ2n) is 8.94. The third kappa shape index (κ3) is 4.08. The highest BCUT2D eigenvalue weighted by atomic mass is 16.6. The lowest BCUT2D eigenvalue weighted by molar-refractivity contribution is -0.188. The number of carbonyl (C=O) groups excluding carboxylic acids is 2. The Labute approximate surface area is 212 Å². The van der Waals surface area contributed by atoms with Gasteiger partial charge in [0.05, 0.1) is 29.0 Å². The van der Waals surface area contributed by atoms with Gasteiger partial charge in [0, 0.05) is 22.2 Å². The van der Waals surface area contributed by atoms with Gasteiger partial charge in [0.2, 0.25) is 5.60 Å². The van der Waals surface area contributed by atoms with Crippen molar-refractivity contribution in [3.63, 3.8) is 0 Å². The molecule has 0 saturated carbocycles. The molecule has 0 aliphatic carbocycles. The molecule has 9 heteroatoms. The number of nitrogens with one attached hydrogen (secondary N) is 1. The number of carbonyl (C=O) groups is 2. The van der Waals surface area contributed by atoms with E-state index in [2.05, 4.69) is 18.5 Å². The maximum atomic E-state index is 13.5. The third-order valence-electron chi connectivity index (χ3n) is 6.61. The predicted octanol–water partition coefficient (Wildman–Crippen LogP) is 3.36. The topological polar surface area (TPSA) is 120 Å². The highest BCUT2D eigenvalue weighted by Gasteiger charge is 2.50. The molecule has 0 bridgehead atoms. The first-order chi connectivity index (χ1) is 17.7. The van der Waals surface area contributed by atoms with Gasteiger partial charge in [-0.1, -0.05) is 38.3 Å². The molecule has 1 aromatic carbocycles. The fourth-order valence-electron chi connectivity index (χ4n) is 4.75. The van der Waals surface area contributed by atoms with E-state index in [9.17, 15) is 14.4 Å². The van der Waals surface area contributed by atoms with Crippen molar-refractivity contribution in [2.45, 2.75) is 32.1 Å². The average molecular weight is 500 g/mol. The number of pyridine rings is 2. The third-order valence-corrected chi connectivity index (χ3v) is 6.61. The lowest BCUT2D eigenvalue weighted by Gasteiger charge is -2.35. The smallest absolute Gasteiger partial charge is 0.355 e. The number of cyclic esters (lactones) is 1. The summed E-state index contributed by atoms with van der Waals surface area (Å²) < 4.78 is 12.7. The zero-order valence-electron chi connectivity index (χ0n) is 20.2. The van der Waals surface area contributed by atoms with Crippen molar-refractivity contribution in [3.05, 3.63) is 100 Å². The van der Waals surface area contributed by atoms with E-state index in [-0.39, 0.29) is 36.5 Å². The van der Waals surface area contributed by atoms with Crippen LogP contribution < -0.4 is 10.9 Å². The molecule has 5 rings (SSSR count). The van der Waals surface area contributed by atoms with Crippen molar-refractivity contribution in [1.29, 1.82) is 0 Å². The maximum absolute atomic E-state index is 13.5. The molecule has 3 aromatic rings. The highest BCUT2D eigenvalue weighted by molar-refractivity contribution is 5.88. The van der Waals surface area contributed by atoms with Crippen LogP contribution in [0, 0.1) is 0 Å². The molecule has 188 valence electrons. The largest absolute Gasteiger partial charge is 0.509 e. The van der Waals surface area contributed by atoms with Crippen LogP contribution in [0.4, 0.5) is 0 Å². The lowest BCUT2D eigenvalue weighted by Crippen LogP contribution is -2.48. The number of nitrogens with zero attached hydrogens (tertiary/aromatic N) is 2. The fraction of sp³-hybridized carbons (Fsp3) is 0.214. The van der Waals surface area contributed by atoms with Crippen molar-refractivity contribution < 1.29 is 24.2 Å². The normalized spacial score (nSPS) is 17.6. The number of rotatable bonds is 7. The molecule has 2 N–H and O–H groups in total. The van der Waals surface area contributed by atoms with Crippen LogP contribution in [0.5, 0.6) is 0 Å². The molecule has 2 aliphatic heterocycles.